The number of ether oxygens (including phenoxy) is 1. The summed E-state index contributed by atoms with van der Waals surface area (Å²) in [6, 6.07) is 16.0. The first-order chi connectivity index (χ1) is 14.8. The molecule has 0 atom stereocenters. The summed E-state index contributed by atoms with van der Waals surface area (Å²) in [5, 5.41) is 7.46. The van der Waals surface area contributed by atoms with Gasteiger partial charge in [0.25, 0.3) is 0 Å². The molecule has 3 aromatic carbocycles. The summed E-state index contributed by atoms with van der Waals surface area (Å²) < 4.78 is 34.5. The minimum atomic E-state index is -3.71. The molecule has 4 aromatic rings. The number of benzene rings is 3. The van der Waals surface area contributed by atoms with E-state index < -0.39 is 10.0 Å². The van der Waals surface area contributed by atoms with E-state index in [0.717, 1.165) is 33.2 Å². The molecule has 2 heterocycles. The molecule has 8 heteroatoms. The predicted molar refractivity (Wildman–Crippen MR) is 117 cm³/mol. The molecule has 2 N–H and O–H groups in total. The van der Waals surface area contributed by atoms with Crippen molar-refractivity contribution in [3.05, 3.63) is 81.7 Å². The quantitative estimate of drug-likeness (QED) is 0.391. The zero-order valence-corrected chi connectivity index (χ0v) is 17.6. The first-order valence-corrected chi connectivity index (χ1v) is 11.3. The van der Waals surface area contributed by atoms with Crippen LogP contribution in [0.3, 0.4) is 0 Å². The van der Waals surface area contributed by atoms with Gasteiger partial charge in [0.2, 0.25) is 10.0 Å². The molecule has 0 saturated carbocycles. The van der Waals surface area contributed by atoms with Crippen molar-refractivity contribution in [2.24, 2.45) is 5.14 Å². The van der Waals surface area contributed by atoms with Crippen LogP contribution in [0.5, 0.6) is 5.75 Å². The van der Waals surface area contributed by atoms with Gasteiger partial charge in [0.1, 0.15) is 18.1 Å². The van der Waals surface area contributed by atoms with Crippen LogP contribution >= 0.6 is 0 Å². The van der Waals surface area contributed by atoms with Crippen LogP contribution in [0.15, 0.2) is 68.7 Å². The molecule has 0 fully saturated rings. The molecule has 7 nitrogen and oxygen atoms in total. The van der Waals surface area contributed by atoms with Crippen molar-refractivity contribution < 1.29 is 17.6 Å². The fourth-order valence-electron chi connectivity index (χ4n) is 4.13. The van der Waals surface area contributed by atoms with Gasteiger partial charge in [-0.05, 0) is 42.1 Å². The maximum Gasteiger partial charge on any atom is 0.344 e. The lowest BCUT2D eigenvalue weighted by Crippen LogP contribution is -2.32. The number of aryl methyl sites for hydroxylation is 1. The second kappa shape index (κ2) is 7.19. The van der Waals surface area contributed by atoms with Crippen molar-refractivity contribution in [2.45, 2.75) is 24.9 Å². The molecule has 0 unspecified atom stereocenters. The lowest BCUT2D eigenvalue weighted by atomic mass is 10.00. The summed E-state index contributed by atoms with van der Waals surface area (Å²) in [6.07, 6.45) is 0. The average molecular weight is 436 g/mol. The van der Waals surface area contributed by atoms with Crippen molar-refractivity contribution in [1.82, 2.24) is 4.90 Å². The minimum absolute atomic E-state index is 0.0898. The van der Waals surface area contributed by atoms with Gasteiger partial charge in [0, 0.05) is 29.6 Å². The normalized spacial score (nSPS) is 14.5. The zero-order chi connectivity index (χ0) is 21.8. The number of nitrogens with two attached hydrogens (primary N) is 1. The Kier molecular flexibility index (Phi) is 4.58. The monoisotopic (exact) mass is 436 g/mol. The first-order valence-electron chi connectivity index (χ1n) is 9.76. The van der Waals surface area contributed by atoms with Gasteiger partial charge in [-0.1, -0.05) is 30.3 Å². The van der Waals surface area contributed by atoms with Gasteiger partial charge in [-0.2, -0.15) is 0 Å². The highest BCUT2D eigenvalue weighted by Crippen LogP contribution is 2.37. The Balaban J connectivity index is 1.51. The van der Waals surface area contributed by atoms with Gasteiger partial charge in [0.15, 0.2) is 0 Å². The number of rotatable bonds is 3. The molecule has 158 valence electrons. The van der Waals surface area contributed by atoms with Crippen molar-refractivity contribution >= 4 is 31.8 Å². The molecule has 1 aliphatic heterocycles. The van der Waals surface area contributed by atoms with Crippen LogP contribution in [0.1, 0.15) is 16.7 Å². The lowest BCUT2D eigenvalue weighted by molar-refractivity contribution is 0.0881. The van der Waals surface area contributed by atoms with E-state index in [1.54, 1.807) is 18.2 Å². The standard InChI is InChI=1S/C23H20N2O5S/c1-14-21-16(10-20-18-4-2-3-5-19(18)23(26)30-22(14)20)12-25(13-29-21)11-15-6-8-17(9-7-15)31(24,27)28/h2-10H,11-13H2,1H3,(H2,24,27,28). The van der Waals surface area contributed by atoms with Crippen LogP contribution in [-0.2, 0) is 23.1 Å². The molecule has 0 spiro atoms. The maximum absolute atomic E-state index is 12.4. The Labute approximate surface area is 178 Å². The molecule has 0 aliphatic carbocycles. The summed E-state index contributed by atoms with van der Waals surface area (Å²) in [7, 11) is -3.71. The van der Waals surface area contributed by atoms with Crippen molar-refractivity contribution in [3.63, 3.8) is 0 Å². The first kappa shape index (κ1) is 19.7. The topological polar surface area (TPSA) is 103 Å². The van der Waals surface area contributed by atoms with E-state index in [0.29, 0.717) is 30.8 Å². The summed E-state index contributed by atoms with van der Waals surface area (Å²) in [4.78, 5) is 14.6. The van der Waals surface area contributed by atoms with E-state index in [4.69, 9.17) is 14.3 Å². The number of hydrogen-bond acceptors (Lipinski definition) is 6. The summed E-state index contributed by atoms with van der Waals surface area (Å²) >= 11 is 0. The molecule has 0 radical (unpaired) electrons. The molecular formula is C23H20N2O5S. The summed E-state index contributed by atoms with van der Waals surface area (Å²) in [5.41, 5.74) is 2.97. The Bertz CT molecular complexity index is 1490. The number of primary sulfonamides is 1. The predicted octanol–water partition coefficient (Wildman–Crippen LogP) is 3.25. The molecule has 0 bridgehead atoms. The third-order valence-electron chi connectivity index (χ3n) is 5.61. The highest BCUT2D eigenvalue weighted by molar-refractivity contribution is 7.89. The molecule has 0 saturated heterocycles. The maximum atomic E-state index is 12.4. The van der Waals surface area contributed by atoms with Crippen molar-refractivity contribution in [1.29, 1.82) is 0 Å². The van der Waals surface area contributed by atoms with E-state index in [1.165, 1.54) is 12.1 Å². The average Bonchev–Trinajstić information content (AvgIpc) is 2.75. The molecular weight excluding hydrogens is 416 g/mol. The van der Waals surface area contributed by atoms with Crippen molar-refractivity contribution in [3.8, 4) is 5.75 Å². The number of sulfonamides is 1. The molecule has 1 aliphatic rings. The van der Waals surface area contributed by atoms with Crippen LogP contribution in [-0.4, -0.2) is 20.0 Å². The largest absolute Gasteiger partial charge is 0.477 e. The van der Waals surface area contributed by atoms with Crippen LogP contribution < -0.4 is 15.5 Å². The Morgan fingerprint density at radius 3 is 2.45 bits per heavy atom. The highest BCUT2D eigenvalue weighted by atomic mass is 32.2. The third kappa shape index (κ3) is 3.48. The summed E-state index contributed by atoms with van der Waals surface area (Å²) in [6.45, 7) is 3.51. The van der Waals surface area contributed by atoms with Crippen LogP contribution in [0, 0.1) is 6.92 Å². The highest BCUT2D eigenvalue weighted by Gasteiger charge is 2.23. The minimum Gasteiger partial charge on any atom is -0.477 e. The van der Waals surface area contributed by atoms with E-state index in [2.05, 4.69) is 4.90 Å². The van der Waals surface area contributed by atoms with Crippen LogP contribution in [0.2, 0.25) is 0 Å². The fourth-order valence-corrected chi connectivity index (χ4v) is 4.65. The SMILES string of the molecule is Cc1c2c(cc3c1oc(=O)c1ccccc13)CN(Cc1ccc(S(N)(=O)=O)cc1)CO2. The fraction of sp³-hybridized carbons (Fsp3) is 0.174. The van der Waals surface area contributed by atoms with Gasteiger partial charge < -0.3 is 9.15 Å². The Morgan fingerprint density at radius 2 is 1.74 bits per heavy atom. The zero-order valence-electron chi connectivity index (χ0n) is 16.8. The van der Waals surface area contributed by atoms with Gasteiger partial charge in [-0.15, -0.1) is 0 Å². The van der Waals surface area contributed by atoms with Crippen LogP contribution in [0.4, 0.5) is 0 Å². The summed E-state index contributed by atoms with van der Waals surface area (Å²) in [5.74, 6) is 0.742. The molecule has 31 heavy (non-hydrogen) atoms. The number of nitrogens with zero attached hydrogens (tertiary/aromatic N) is 1. The second-order valence-corrected chi connectivity index (χ2v) is 9.31. The van der Waals surface area contributed by atoms with Gasteiger partial charge in [0.05, 0.1) is 10.3 Å². The third-order valence-corrected chi connectivity index (χ3v) is 6.54. The van der Waals surface area contributed by atoms with E-state index in [9.17, 15) is 13.2 Å². The Morgan fingerprint density at radius 1 is 1.03 bits per heavy atom. The van der Waals surface area contributed by atoms with Gasteiger partial charge in [-0.25, -0.2) is 18.4 Å². The molecule has 1 aromatic heterocycles. The Hall–Kier alpha value is -3.20. The number of hydrogen-bond donors (Lipinski definition) is 1. The van der Waals surface area contributed by atoms with E-state index in [1.807, 2.05) is 31.2 Å². The van der Waals surface area contributed by atoms with E-state index in [-0.39, 0.29) is 10.5 Å². The van der Waals surface area contributed by atoms with Gasteiger partial charge in [-0.3, -0.25) is 4.90 Å². The smallest absolute Gasteiger partial charge is 0.344 e. The lowest BCUT2D eigenvalue weighted by Gasteiger charge is -2.30. The second-order valence-electron chi connectivity index (χ2n) is 7.75. The van der Waals surface area contributed by atoms with Crippen LogP contribution in [0.25, 0.3) is 21.7 Å². The van der Waals surface area contributed by atoms with Gasteiger partial charge >= 0.3 is 5.63 Å². The van der Waals surface area contributed by atoms with E-state index >= 15 is 0 Å². The molecule has 5 rings (SSSR count). The molecule has 0 amide bonds. The van der Waals surface area contributed by atoms with Crippen molar-refractivity contribution in [2.75, 3.05) is 6.73 Å². The number of fused-ring (bicyclic) bond motifs is 4.